The normalized spacial score (nSPS) is 12.6. The summed E-state index contributed by atoms with van der Waals surface area (Å²) in [6, 6.07) is 5.36. The maximum atomic E-state index is 12.0. The van der Waals surface area contributed by atoms with Crippen LogP contribution >= 0.6 is 0 Å². The van der Waals surface area contributed by atoms with E-state index >= 15 is 0 Å². The molecule has 1 N–H and O–H groups in total. The summed E-state index contributed by atoms with van der Waals surface area (Å²) in [5, 5.41) is 0. The Bertz CT molecular complexity index is 606. The van der Waals surface area contributed by atoms with E-state index in [0.717, 1.165) is 6.42 Å². The average Bonchev–Trinajstić information content (AvgIpc) is 2.81. The monoisotopic (exact) mass is 266 g/mol. The van der Waals surface area contributed by atoms with Crippen molar-refractivity contribution in [1.29, 1.82) is 0 Å². The number of aromatic nitrogens is 2. The van der Waals surface area contributed by atoms with Crippen molar-refractivity contribution < 1.29 is 13.7 Å². The lowest BCUT2D eigenvalue weighted by molar-refractivity contribution is 0.0588. The molecule has 0 bridgehead atoms. The number of para-hydroxylation sites is 1. The van der Waals surface area contributed by atoms with Crippen LogP contribution in [0.1, 0.15) is 24.0 Å². The number of nitrogens with one attached hydrogen (secondary N) is 1. The Kier molecular flexibility index (Phi) is 3.76. The number of rotatable bonds is 4. The number of ether oxygens (including phenoxy) is 1. The molecular weight excluding hydrogens is 252 g/mol. The van der Waals surface area contributed by atoms with Crippen LogP contribution in [0.5, 0.6) is 0 Å². The van der Waals surface area contributed by atoms with E-state index in [1.165, 1.54) is 7.11 Å². The molecule has 18 heavy (non-hydrogen) atoms. The van der Waals surface area contributed by atoms with Gasteiger partial charge < -0.3 is 9.72 Å². The van der Waals surface area contributed by atoms with E-state index < -0.39 is 16.8 Å². The molecule has 5 nitrogen and oxygen atoms in total. The van der Waals surface area contributed by atoms with Crippen LogP contribution in [-0.4, -0.2) is 33.0 Å². The van der Waals surface area contributed by atoms with Gasteiger partial charge in [0.25, 0.3) is 0 Å². The highest BCUT2D eigenvalue weighted by molar-refractivity contribution is 7.85. The molecule has 1 atom stereocenters. The Morgan fingerprint density at radius 2 is 2.28 bits per heavy atom. The van der Waals surface area contributed by atoms with Gasteiger partial charge in [-0.05, 0) is 18.6 Å². The largest absolute Gasteiger partial charge is 0.463 e. The molecule has 0 spiro atoms. The molecule has 0 fully saturated rings. The lowest BCUT2D eigenvalue weighted by Gasteiger charge is -2.00. The first-order valence-electron chi connectivity index (χ1n) is 5.62. The number of fused-ring (bicyclic) bond motifs is 1. The molecule has 0 aliphatic carbocycles. The summed E-state index contributed by atoms with van der Waals surface area (Å²) in [4.78, 5) is 19.1. The number of imidazole rings is 1. The molecule has 1 unspecified atom stereocenters. The van der Waals surface area contributed by atoms with Gasteiger partial charge in [-0.25, -0.2) is 9.78 Å². The van der Waals surface area contributed by atoms with Crippen LogP contribution in [0.4, 0.5) is 0 Å². The van der Waals surface area contributed by atoms with E-state index in [0.29, 0.717) is 21.7 Å². The van der Waals surface area contributed by atoms with E-state index in [1.54, 1.807) is 18.2 Å². The molecule has 0 aliphatic rings. The third-order valence-electron chi connectivity index (χ3n) is 2.49. The number of carbonyl (C=O) groups excluding carboxylic acids is 1. The van der Waals surface area contributed by atoms with E-state index in [1.807, 2.05) is 6.92 Å². The van der Waals surface area contributed by atoms with Crippen LogP contribution in [-0.2, 0) is 15.5 Å². The van der Waals surface area contributed by atoms with Crippen molar-refractivity contribution in [2.45, 2.75) is 18.2 Å². The Morgan fingerprint density at radius 1 is 1.50 bits per heavy atom. The van der Waals surface area contributed by atoms with Crippen LogP contribution in [0.25, 0.3) is 11.0 Å². The lowest BCUT2D eigenvalue weighted by Crippen LogP contribution is -2.03. The molecule has 0 aliphatic heterocycles. The average molecular weight is 266 g/mol. The summed E-state index contributed by atoms with van der Waals surface area (Å²) in [6.07, 6.45) is 0.831. The molecule has 0 radical (unpaired) electrons. The highest BCUT2D eigenvalue weighted by atomic mass is 32.2. The quantitative estimate of drug-likeness (QED) is 0.857. The molecule has 2 aromatic rings. The zero-order chi connectivity index (χ0) is 13.1. The van der Waals surface area contributed by atoms with Crippen LogP contribution in [0.3, 0.4) is 0 Å². The van der Waals surface area contributed by atoms with Gasteiger partial charge in [-0.1, -0.05) is 13.0 Å². The fraction of sp³-hybridized carbons (Fsp3) is 0.333. The van der Waals surface area contributed by atoms with Crippen molar-refractivity contribution in [2.24, 2.45) is 0 Å². The third kappa shape index (κ3) is 2.28. The van der Waals surface area contributed by atoms with Crippen molar-refractivity contribution in [3.05, 3.63) is 24.0 Å². The Balaban J connectivity index is 2.52. The van der Waals surface area contributed by atoms with Crippen molar-refractivity contribution in [3.63, 3.8) is 0 Å². The predicted molar refractivity (Wildman–Crippen MR) is 69.0 cm³/mol. The van der Waals surface area contributed by atoms with Crippen LogP contribution in [0.2, 0.25) is 0 Å². The lowest BCUT2D eigenvalue weighted by atomic mass is 10.3. The summed E-state index contributed by atoms with van der Waals surface area (Å²) in [7, 11) is 0.203. The van der Waals surface area contributed by atoms with Gasteiger partial charge in [0.1, 0.15) is 5.52 Å². The minimum atomic E-state index is -1.09. The number of esters is 1. The zero-order valence-electron chi connectivity index (χ0n) is 10.2. The van der Waals surface area contributed by atoms with Gasteiger partial charge in [0.05, 0.1) is 28.3 Å². The third-order valence-corrected chi connectivity index (χ3v) is 4.09. The molecule has 1 aromatic carbocycles. The molecule has 0 saturated carbocycles. The van der Waals surface area contributed by atoms with Crippen molar-refractivity contribution >= 4 is 27.8 Å². The number of methoxy groups -OCH3 is 1. The summed E-state index contributed by atoms with van der Waals surface area (Å²) < 4.78 is 16.7. The van der Waals surface area contributed by atoms with Gasteiger partial charge in [0, 0.05) is 5.75 Å². The Morgan fingerprint density at radius 3 is 2.94 bits per heavy atom. The summed E-state index contributed by atoms with van der Waals surface area (Å²) in [5.41, 5.74) is 1.27. The van der Waals surface area contributed by atoms with Gasteiger partial charge in [-0.2, -0.15) is 0 Å². The number of aromatic amines is 1. The number of hydrogen-bond acceptors (Lipinski definition) is 4. The molecule has 96 valence electrons. The minimum absolute atomic E-state index is 0.133. The highest BCUT2D eigenvalue weighted by Gasteiger charge is 2.15. The maximum Gasteiger partial charge on any atom is 0.374 e. The fourth-order valence-corrected chi connectivity index (χ4v) is 2.87. The van der Waals surface area contributed by atoms with E-state index in [2.05, 4.69) is 14.7 Å². The summed E-state index contributed by atoms with van der Waals surface area (Å²) in [6.45, 7) is 1.97. The topological polar surface area (TPSA) is 72.0 Å². The van der Waals surface area contributed by atoms with E-state index in [4.69, 9.17) is 0 Å². The zero-order valence-corrected chi connectivity index (χ0v) is 11.0. The molecule has 1 aromatic heterocycles. The molecule has 2 rings (SSSR count). The number of carbonyl (C=O) groups is 1. The predicted octanol–water partition coefficient (Wildman–Crippen LogP) is 1.87. The molecule has 6 heteroatoms. The molecule has 0 saturated heterocycles. The summed E-state index contributed by atoms with van der Waals surface area (Å²) >= 11 is 0. The number of hydrogen-bond donors (Lipinski definition) is 1. The minimum Gasteiger partial charge on any atom is -0.463 e. The van der Waals surface area contributed by atoms with Gasteiger partial charge in [0.2, 0.25) is 5.82 Å². The second-order valence-corrected chi connectivity index (χ2v) is 5.32. The SMILES string of the molecule is CCCS(=O)c1cccc2[nH]c(C(=O)OC)nc12. The smallest absolute Gasteiger partial charge is 0.374 e. The fourth-order valence-electron chi connectivity index (χ4n) is 1.68. The second-order valence-electron chi connectivity index (χ2n) is 3.78. The first-order valence-corrected chi connectivity index (χ1v) is 6.94. The molecule has 0 amide bonds. The standard InChI is InChI=1S/C12H14N2O3S/c1-3-7-18(16)9-6-4-5-8-10(9)14-11(13-8)12(15)17-2/h4-6H,3,7H2,1-2H3,(H,13,14). The maximum absolute atomic E-state index is 12.0. The highest BCUT2D eigenvalue weighted by Crippen LogP contribution is 2.20. The van der Waals surface area contributed by atoms with Gasteiger partial charge in [0.15, 0.2) is 0 Å². The van der Waals surface area contributed by atoms with Gasteiger partial charge in [-0.15, -0.1) is 0 Å². The van der Waals surface area contributed by atoms with E-state index in [-0.39, 0.29) is 5.82 Å². The van der Waals surface area contributed by atoms with Crippen LogP contribution < -0.4 is 0 Å². The van der Waals surface area contributed by atoms with Crippen LogP contribution in [0, 0.1) is 0 Å². The number of benzene rings is 1. The van der Waals surface area contributed by atoms with E-state index in [9.17, 15) is 9.00 Å². The second kappa shape index (κ2) is 5.30. The van der Waals surface area contributed by atoms with Gasteiger partial charge in [-0.3, -0.25) is 4.21 Å². The van der Waals surface area contributed by atoms with Gasteiger partial charge >= 0.3 is 5.97 Å². The number of nitrogens with zero attached hydrogens (tertiary/aromatic N) is 1. The first kappa shape index (κ1) is 12.8. The summed E-state index contributed by atoms with van der Waals surface area (Å²) in [5.74, 6) is 0.186. The first-order chi connectivity index (χ1) is 8.67. The molecule has 1 heterocycles. The van der Waals surface area contributed by atoms with Crippen molar-refractivity contribution in [3.8, 4) is 0 Å². The Hall–Kier alpha value is -1.69. The van der Waals surface area contributed by atoms with Crippen molar-refractivity contribution in [2.75, 3.05) is 12.9 Å². The van der Waals surface area contributed by atoms with Crippen LogP contribution in [0.15, 0.2) is 23.1 Å². The Labute approximate surface area is 107 Å². The molecular formula is C12H14N2O3S. The van der Waals surface area contributed by atoms with Crippen molar-refractivity contribution in [1.82, 2.24) is 9.97 Å². The number of H-pyrrole nitrogens is 1.